The van der Waals surface area contributed by atoms with Gasteiger partial charge in [0.05, 0.1) is 19.8 Å². The highest BCUT2D eigenvalue weighted by Crippen LogP contribution is 2.13. The standard InChI is InChI=1S/C11H14O3S/c12-10(11-8-13-5-6-14-11)4-3-9-2-1-7-15-9/h1-2,7,11H,3-6,8H2. The molecule has 1 fully saturated rings. The fraction of sp³-hybridized carbons (Fsp3) is 0.545. The van der Waals surface area contributed by atoms with Crippen LogP contribution in [0.15, 0.2) is 17.5 Å². The molecule has 0 aliphatic carbocycles. The summed E-state index contributed by atoms with van der Waals surface area (Å²) < 4.78 is 10.5. The molecule has 1 aliphatic heterocycles. The van der Waals surface area contributed by atoms with E-state index in [2.05, 4.69) is 6.07 Å². The molecular formula is C11H14O3S. The first-order chi connectivity index (χ1) is 7.36. The lowest BCUT2D eigenvalue weighted by Crippen LogP contribution is -2.35. The summed E-state index contributed by atoms with van der Waals surface area (Å²) in [5.74, 6) is 0.156. The minimum absolute atomic E-state index is 0.156. The first kappa shape index (κ1) is 10.8. The normalized spacial score (nSPS) is 21.5. The highest BCUT2D eigenvalue weighted by molar-refractivity contribution is 7.09. The predicted molar refractivity (Wildman–Crippen MR) is 58.2 cm³/mol. The Bertz CT molecular complexity index is 302. The van der Waals surface area contributed by atoms with Crippen LogP contribution in [0.3, 0.4) is 0 Å². The molecule has 0 radical (unpaired) electrons. The van der Waals surface area contributed by atoms with Crippen molar-refractivity contribution < 1.29 is 14.3 Å². The molecule has 1 atom stereocenters. The van der Waals surface area contributed by atoms with Crippen molar-refractivity contribution >= 4 is 17.1 Å². The topological polar surface area (TPSA) is 35.5 Å². The number of thiophene rings is 1. The molecule has 0 amide bonds. The summed E-state index contributed by atoms with van der Waals surface area (Å²) in [6.07, 6.45) is 1.03. The zero-order valence-corrected chi connectivity index (χ0v) is 9.29. The number of hydrogen-bond acceptors (Lipinski definition) is 4. The van der Waals surface area contributed by atoms with Crippen molar-refractivity contribution in [1.82, 2.24) is 0 Å². The first-order valence-corrected chi connectivity index (χ1v) is 5.98. The monoisotopic (exact) mass is 226 g/mol. The fourth-order valence-corrected chi connectivity index (χ4v) is 2.24. The van der Waals surface area contributed by atoms with Gasteiger partial charge in [-0.15, -0.1) is 11.3 Å². The van der Waals surface area contributed by atoms with E-state index in [0.717, 1.165) is 6.42 Å². The lowest BCUT2D eigenvalue weighted by Gasteiger charge is -2.21. The molecule has 0 bridgehead atoms. The van der Waals surface area contributed by atoms with Gasteiger partial charge in [-0.1, -0.05) is 6.07 Å². The maximum atomic E-state index is 11.7. The van der Waals surface area contributed by atoms with E-state index < -0.39 is 0 Å². The average molecular weight is 226 g/mol. The zero-order valence-electron chi connectivity index (χ0n) is 8.48. The van der Waals surface area contributed by atoms with Crippen LogP contribution in [0.2, 0.25) is 0 Å². The van der Waals surface area contributed by atoms with Gasteiger partial charge in [0.1, 0.15) is 6.10 Å². The Morgan fingerprint density at radius 1 is 1.53 bits per heavy atom. The second-order valence-corrected chi connectivity index (χ2v) is 4.51. The summed E-state index contributed by atoms with van der Waals surface area (Å²) in [7, 11) is 0. The van der Waals surface area contributed by atoms with Crippen LogP contribution in [0.4, 0.5) is 0 Å². The Kier molecular flexibility index (Phi) is 3.88. The maximum Gasteiger partial charge on any atom is 0.164 e. The van der Waals surface area contributed by atoms with Crippen LogP contribution in [0, 0.1) is 0 Å². The third kappa shape index (κ3) is 3.12. The average Bonchev–Trinajstić information content (AvgIpc) is 2.80. The van der Waals surface area contributed by atoms with Crippen molar-refractivity contribution in [3.8, 4) is 0 Å². The van der Waals surface area contributed by atoms with Crippen molar-refractivity contribution in [2.45, 2.75) is 18.9 Å². The molecule has 0 N–H and O–H groups in total. The number of ketones is 1. The lowest BCUT2D eigenvalue weighted by atomic mass is 10.1. The highest BCUT2D eigenvalue weighted by Gasteiger charge is 2.21. The Hall–Kier alpha value is -0.710. The van der Waals surface area contributed by atoms with Crippen LogP contribution in [-0.4, -0.2) is 31.7 Å². The van der Waals surface area contributed by atoms with Crippen molar-refractivity contribution in [2.24, 2.45) is 0 Å². The molecule has 2 rings (SSSR count). The molecule has 1 aliphatic rings. The third-order valence-electron chi connectivity index (χ3n) is 2.37. The summed E-state index contributed by atoms with van der Waals surface area (Å²) in [4.78, 5) is 12.9. The molecule has 1 unspecified atom stereocenters. The van der Waals surface area contributed by atoms with Gasteiger partial charge < -0.3 is 9.47 Å². The van der Waals surface area contributed by atoms with Crippen molar-refractivity contribution in [2.75, 3.05) is 19.8 Å². The highest BCUT2D eigenvalue weighted by atomic mass is 32.1. The number of Topliss-reactive ketones (excluding diaryl/α,β-unsaturated/α-hetero) is 1. The smallest absolute Gasteiger partial charge is 0.164 e. The number of hydrogen-bond donors (Lipinski definition) is 0. The molecule has 1 aromatic heterocycles. The fourth-order valence-electron chi connectivity index (χ4n) is 1.54. The van der Waals surface area contributed by atoms with Gasteiger partial charge in [0.2, 0.25) is 0 Å². The second-order valence-electron chi connectivity index (χ2n) is 3.48. The molecule has 1 saturated heterocycles. The molecule has 3 nitrogen and oxygen atoms in total. The summed E-state index contributed by atoms with van der Waals surface area (Å²) in [6.45, 7) is 1.56. The van der Waals surface area contributed by atoms with Crippen molar-refractivity contribution in [3.05, 3.63) is 22.4 Å². The van der Waals surface area contributed by atoms with Crippen LogP contribution >= 0.6 is 11.3 Å². The van der Waals surface area contributed by atoms with E-state index in [-0.39, 0.29) is 11.9 Å². The SMILES string of the molecule is O=C(CCc1cccs1)C1COCCO1. The van der Waals surface area contributed by atoms with Gasteiger partial charge in [0.15, 0.2) is 5.78 Å². The molecule has 2 heterocycles. The summed E-state index contributed by atoms with van der Waals surface area (Å²) in [6, 6.07) is 4.06. The van der Waals surface area contributed by atoms with E-state index in [1.165, 1.54) is 4.88 Å². The minimum atomic E-state index is -0.335. The Balaban J connectivity index is 1.76. The van der Waals surface area contributed by atoms with Crippen molar-refractivity contribution in [1.29, 1.82) is 0 Å². The van der Waals surface area contributed by atoms with E-state index in [9.17, 15) is 4.79 Å². The molecule has 0 aromatic carbocycles. The Morgan fingerprint density at radius 3 is 3.13 bits per heavy atom. The van der Waals surface area contributed by atoms with E-state index in [0.29, 0.717) is 26.2 Å². The van der Waals surface area contributed by atoms with Gasteiger partial charge in [-0.25, -0.2) is 0 Å². The quantitative estimate of drug-likeness (QED) is 0.783. The van der Waals surface area contributed by atoms with Crippen LogP contribution in [-0.2, 0) is 20.7 Å². The molecule has 15 heavy (non-hydrogen) atoms. The number of carbonyl (C=O) groups is 1. The lowest BCUT2D eigenvalue weighted by molar-refractivity contribution is -0.145. The summed E-state index contributed by atoms with van der Waals surface area (Å²) in [5, 5.41) is 2.03. The molecule has 82 valence electrons. The van der Waals surface area contributed by atoms with Crippen LogP contribution in [0.5, 0.6) is 0 Å². The Morgan fingerprint density at radius 2 is 2.47 bits per heavy atom. The second kappa shape index (κ2) is 5.39. The van der Waals surface area contributed by atoms with E-state index >= 15 is 0 Å². The van der Waals surface area contributed by atoms with Gasteiger partial charge in [-0.3, -0.25) is 4.79 Å². The molecular weight excluding hydrogens is 212 g/mol. The maximum absolute atomic E-state index is 11.7. The zero-order chi connectivity index (χ0) is 10.5. The number of carbonyl (C=O) groups excluding carboxylic acids is 1. The van der Waals surface area contributed by atoms with Crippen LogP contribution in [0.1, 0.15) is 11.3 Å². The van der Waals surface area contributed by atoms with E-state index in [1.54, 1.807) is 11.3 Å². The van der Waals surface area contributed by atoms with E-state index in [4.69, 9.17) is 9.47 Å². The molecule has 1 aromatic rings. The number of ether oxygens (including phenoxy) is 2. The van der Waals surface area contributed by atoms with E-state index in [1.807, 2.05) is 11.4 Å². The van der Waals surface area contributed by atoms with Gasteiger partial charge in [0, 0.05) is 11.3 Å². The largest absolute Gasteiger partial charge is 0.376 e. The van der Waals surface area contributed by atoms with Gasteiger partial charge >= 0.3 is 0 Å². The van der Waals surface area contributed by atoms with Gasteiger partial charge in [-0.2, -0.15) is 0 Å². The third-order valence-corrected chi connectivity index (χ3v) is 3.31. The summed E-state index contributed by atoms with van der Waals surface area (Å²) in [5.41, 5.74) is 0. The number of aryl methyl sites for hydroxylation is 1. The predicted octanol–water partition coefficient (Wildman–Crippen LogP) is 1.67. The van der Waals surface area contributed by atoms with Gasteiger partial charge in [0.25, 0.3) is 0 Å². The minimum Gasteiger partial charge on any atom is -0.376 e. The van der Waals surface area contributed by atoms with Gasteiger partial charge in [-0.05, 0) is 17.9 Å². The molecule has 4 heteroatoms. The van der Waals surface area contributed by atoms with Crippen molar-refractivity contribution in [3.63, 3.8) is 0 Å². The Labute approximate surface area is 93.0 Å². The number of rotatable bonds is 4. The summed E-state index contributed by atoms with van der Waals surface area (Å²) >= 11 is 1.69. The molecule has 0 spiro atoms. The van der Waals surface area contributed by atoms with Crippen LogP contribution in [0.25, 0.3) is 0 Å². The first-order valence-electron chi connectivity index (χ1n) is 5.11. The van der Waals surface area contributed by atoms with Crippen LogP contribution < -0.4 is 0 Å². The molecule has 0 saturated carbocycles.